The number of hydrogen-bond donors (Lipinski definition) is 0. The molecule has 0 radical (unpaired) electrons. The van der Waals surface area contributed by atoms with Gasteiger partial charge in [0, 0.05) is 12.1 Å². The maximum Gasteiger partial charge on any atom is 0.573 e. The van der Waals surface area contributed by atoms with Gasteiger partial charge in [0.1, 0.15) is 5.75 Å². The molecule has 0 aliphatic rings. The number of aromatic nitrogens is 1. The fraction of sp³-hybridized carbons (Fsp3) is 0.0833. The predicted octanol–water partition coefficient (Wildman–Crippen LogP) is 3.54. The van der Waals surface area contributed by atoms with Gasteiger partial charge >= 0.3 is 6.36 Å². The third kappa shape index (κ3) is 3.51. The van der Waals surface area contributed by atoms with Gasteiger partial charge in [-0.3, -0.25) is 0 Å². The second-order valence-corrected chi connectivity index (χ2v) is 4.02. The average Bonchev–Trinajstić information content (AvgIpc) is 2.32. The number of benzene rings is 1. The van der Waals surface area contributed by atoms with E-state index in [4.69, 9.17) is 11.6 Å². The largest absolute Gasteiger partial charge is 0.618 e. The Balaban J connectivity index is 2.25. The van der Waals surface area contributed by atoms with E-state index in [2.05, 4.69) is 4.74 Å². The Morgan fingerprint density at radius 1 is 1.05 bits per heavy atom. The van der Waals surface area contributed by atoms with E-state index in [-0.39, 0.29) is 10.9 Å². The summed E-state index contributed by atoms with van der Waals surface area (Å²) in [6.07, 6.45) is -3.50. The van der Waals surface area contributed by atoms with E-state index in [0.29, 0.717) is 15.9 Å². The van der Waals surface area contributed by atoms with Gasteiger partial charge in [0.05, 0.1) is 0 Å². The summed E-state index contributed by atoms with van der Waals surface area (Å²) in [6.45, 7) is 0. The van der Waals surface area contributed by atoms with Crippen molar-refractivity contribution in [3.63, 3.8) is 0 Å². The SMILES string of the molecule is [O-][n+]1ccc(-c2ccc(OC(F)(F)F)cc2)cc1Cl. The molecule has 1 aromatic heterocycles. The molecule has 100 valence electrons. The normalized spacial score (nSPS) is 11.4. The number of halogens is 4. The fourth-order valence-electron chi connectivity index (χ4n) is 1.49. The summed E-state index contributed by atoms with van der Waals surface area (Å²) in [7, 11) is 0. The molecule has 2 rings (SSSR count). The van der Waals surface area contributed by atoms with E-state index >= 15 is 0 Å². The van der Waals surface area contributed by atoms with Crippen molar-refractivity contribution in [2.24, 2.45) is 0 Å². The van der Waals surface area contributed by atoms with Crippen molar-refractivity contribution >= 4 is 11.6 Å². The van der Waals surface area contributed by atoms with E-state index in [1.807, 2.05) is 0 Å². The zero-order valence-corrected chi connectivity index (χ0v) is 10.1. The Labute approximate surface area is 111 Å². The summed E-state index contributed by atoms with van der Waals surface area (Å²) in [5, 5.41) is 11.0. The van der Waals surface area contributed by atoms with Crippen molar-refractivity contribution in [1.29, 1.82) is 0 Å². The lowest BCUT2D eigenvalue weighted by atomic mass is 10.1. The summed E-state index contributed by atoms with van der Waals surface area (Å²) in [5.74, 6) is -0.308. The Hall–Kier alpha value is -1.95. The molecule has 0 saturated heterocycles. The molecule has 0 aliphatic carbocycles. The number of nitrogens with zero attached hydrogens (tertiary/aromatic N) is 1. The predicted molar refractivity (Wildman–Crippen MR) is 62.5 cm³/mol. The smallest absolute Gasteiger partial charge is 0.573 e. The Morgan fingerprint density at radius 2 is 1.68 bits per heavy atom. The molecule has 0 fully saturated rings. The monoisotopic (exact) mass is 289 g/mol. The molecule has 0 spiro atoms. The highest BCUT2D eigenvalue weighted by molar-refractivity contribution is 6.28. The third-order valence-corrected chi connectivity index (χ3v) is 2.57. The van der Waals surface area contributed by atoms with Gasteiger partial charge in [-0.25, -0.2) is 0 Å². The van der Waals surface area contributed by atoms with Crippen LogP contribution in [0.25, 0.3) is 11.1 Å². The lowest BCUT2D eigenvalue weighted by Crippen LogP contribution is -2.26. The molecular formula is C12H7ClF3NO2. The van der Waals surface area contributed by atoms with Gasteiger partial charge in [-0.2, -0.15) is 4.73 Å². The Kier molecular flexibility index (Phi) is 3.53. The third-order valence-electron chi connectivity index (χ3n) is 2.30. The van der Waals surface area contributed by atoms with Crippen LogP contribution in [0, 0.1) is 5.21 Å². The lowest BCUT2D eigenvalue weighted by Gasteiger charge is -2.09. The van der Waals surface area contributed by atoms with Gasteiger partial charge in [-0.15, -0.1) is 13.2 Å². The first-order valence-electron chi connectivity index (χ1n) is 5.10. The second-order valence-electron chi connectivity index (χ2n) is 3.64. The highest BCUT2D eigenvalue weighted by Crippen LogP contribution is 2.26. The van der Waals surface area contributed by atoms with Gasteiger partial charge < -0.3 is 9.94 Å². The molecule has 0 N–H and O–H groups in total. The highest BCUT2D eigenvalue weighted by atomic mass is 35.5. The first kappa shape index (κ1) is 13.5. The summed E-state index contributed by atoms with van der Waals surface area (Å²) in [5.41, 5.74) is 1.24. The minimum absolute atomic E-state index is 0.0203. The van der Waals surface area contributed by atoms with Gasteiger partial charge in [0.2, 0.25) is 0 Å². The second kappa shape index (κ2) is 4.97. The molecule has 0 bridgehead atoms. The molecule has 3 nitrogen and oxygen atoms in total. The van der Waals surface area contributed by atoms with Crippen molar-refractivity contribution < 1.29 is 22.6 Å². The first-order valence-corrected chi connectivity index (χ1v) is 5.48. The summed E-state index contributed by atoms with van der Waals surface area (Å²) in [4.78, 5) is 0. The highest BCUT2D eigenvalue weighted by Gasteiger charge is 2.30. The van der Waals surface area contributed by atoms with Crippen LogP contribution in [-0.2, 0) is 0 Å². The van der Waals surface area contributed by atoms with Gasteiger partial charge in [0.25, 0.3) is 5.15 Å². The zero-order valence-electron chi connectivity index (χ0n) is 9.32. The van der Waals surface area contributed by atoms with E-state index in [1.165, 1.54) is 42.6 Å². The van der Waals surface area contributed by atoms with E-state index < -0.39 is 6.36 Å². The van der Waals surface area contributed by atoms with Crippen LogP contribution >= 0.6 is 11.6 Å². The van der Waals surface area contributed by atoms with Crippen LogP contribution in [0.4, 0.5) is 13.2 Å². The Morgan fingerprint density at radius 3 is 2.21 bits per heavy atom. The minimum Gasteiger partial charge on any atom is -0.618 e. The zero-order chi connectivity index (χ0) is 14.0. The number of alkyl halides is 3. The fourth-order valence-corrected chi connectivity index (χ4v) is 1.66. The van der Waals surface area contributed by atoms with Gasteiger partial charge in [-0.05, 0) is 34.9 Å². The topological polar surface area (TPSA) is 36.2 Å². The molecule has 19 heavy (non-hydrogen) atoms. The van der Waals surface area contributed by atoms with Crippen LogP contribution in [0.1, 0.15) is 0 Å². The number of ether oxygens (including phenoxy) is 1. The van der Waals surface area contributed by atoms with Crippen molar-refractivity contribution in [2.45, 2.75) is 6.36 Å². The van der Waals surface area contributed by atoms with E-state index in [9.17, 15) is 18.4 Å². The number of pyridine rings is 1. The quantitative estimate of drug-likeness (QED) is 0.482. The van der Waals surface area contributed by atoms with Crippen LogP contribution in [0.2, 0.25) is 5.15 Å². The van der Waals surface area contributed by atoms with E-state index in [1.54, 1.807) is 0 Å². The minimum atomic E-state index is -4.72. The molecule has 1 aromatic carbocycles. The standard InChI is InChI=1S/C12H7ClF3NO2/c13-11-7-9(5-6-17(11)18)8-1-3-10(4-2-8)19-12(14,15)16/h1-7H. The molecular weight excluding hydrogens is 283 g/mol. The maximum atomic E-state index is 12.0. The molecule has 0 amide bonds. The Bertz CT molecular complexity index is 585. The lowest BCUT2D eigenvalue weighted by molar-refractivity contribution is -0.602. The molecule has 0 atom stereocenters. The van der Waals surface area contributed by atoms with Crippen molar-refractivity contribution in [1.82, 2.24) is 0 Å². The van der Waals surface area contributed by atoms with Crippen molar-refractivity contribution in [3.05, 3.63) is 53.0 Å². The van der Waals surface area contributed by atoms with Crippen molar-refractivity contribution in [2.75, 3.05) is 0 Å². The molecule has 0 saturated carbocycles. The van der Waals surface area contributed by atoms with Crippen LogP contribution in [0.3, 0.4) is 0 Å². The molecule has 0 unspecified atom stereocenters. The van der Waals surface area contributed by atoms with Crippen LogP contribution in [-0.4, -0.2) is 6.36 Å². The van der Waals surface area contributed by atoms with E-state index in [0.717, 1.165) is 0 Å². The molecule has 1 heterocycles. The number of rotatable bonds is 2. The van der Waals surface area contributed by atoms with Crippen LogP contribution < -0.4 is 9.47 Å². The number of hydrogen-bond acceptors (Lipinski definition) is 2. The maximum absolute atomic E-state index is 12.0. The molecule has 0 aliphatic heterocycles. The summed E-state index contributed by atoms with van der Waals surface area (Å²) < 4.78 is 40.2. The van der Waals surface area contributed by atoms with Crippen molar-refractivity contribution in [3.8, 4) is 16.9 Å². The van der Waals surface area contributed by atoms with Gasteiger partial charge in [-0.1, -0.05) is 12.1 Å². The average molecular weight is 290 g/mol. The molecule has 7 heteroatoms. The summed E-state index contributed by atoms with van der Waals surface area (Å²) in [6, 6.07) is 8.21. The molecule has 2 aromatic rings. The summed E-state index contributed by atoms with van der Waals surface area (Å²) >= 11 is 5.66. The first-order chi connectivity index (χ1) is 8.85. The van der Waals surface area contributed by atoms with Gasteiger partial charge in [0.15, 0.2) is 6.20 Å². The van der Waals surface area contributed by atoms with Crippen LogP contribution in [0.15, 0.2) is 42.6 Å². The van der Waals surface area contributed by atoms with Crippen LogP contribution in [0.5, 0.6) is 5.75 Å².